The summed E-state index contributed by atoms with van der Waals surface area (Å²) >= 11 is 1.13. The third-order valence-electron chi connectivity index (χ3n) is 2.42. The van der Waals surface area contributed by atoms with Crippen molar-refractivity contribution in [2.24, 2.45) is 0 Å². The molecule has 0 radical (unpaired) electrons. The Hall–Kier alpha value is -2.26. The highest BCUT2D eigenvalue weighted by molar-refractivity contribution is 7.96. The number of benzene rings is 1. The molecule has 2 aromatic heterocycles. The fourth-order valence-corrected chi connectivity index (χ4v) is 3.52. The van der Waals surface area contributed by atoms with Crippen LogP contribution >= 0.6 is 11.3 Å². The maximum Gasteiger partial charge on any atom is 0.204 e. The highest BCUT2D eigenvalue weighted by Gasteiger charge is 2.06. The molecule has 2 heterocycles. The van der Waals surface area contributed by atoms with Crippen LogP contribution in [0.5, 0.6) is 0 Å². The van der Waals surface area contributed by atoms with Gasteiger partial charge in [0.2, 0.25) is 5.82 Å². The molecular formula is C11H8N5O2S2-. The van der Waals surface area contributed by atoms with Crippen molar-refractivity contribution in [3.63, 3.8) is 0 Å². The Morgan fingerprint density at radius 1 is 1.20 bits per heavy atom. The lowest BCUT2D eigenvalue weighted by atomic mass is 10.2. The summed E-state index contributed by atoms with van der Waals surface area (Å²) in [5.74, 6) is 0.385. The predicted octanol–water partition coefficient (Wildman–Crippen LogP) is 2.32. The second-order valence-corrected chi connectivity index (χ2v) is 6.56. The number of nitrogens with zero attached hydrogens (tertiary/aromatic N) is 4. The van der Waals surface area contributed by atoms with Crippen molar-refractivity contribution >= 4 is 27.0 Å². The van der Waals surface area contributed by atoms with E-state index in [1.165, 1.54) is 6.07 Å². The molecule has 0 unspecified atom stereocenters. The van der Waals surface area contributed by atoms with Crippen LogP contribution in [0.15, 0.2) is 46.0 Å². The maximum absolute atomic E-state index is 12.1. The Labute approximate surface area is 118 Å². The van der Waals surface area contributed by atoms with Gasteiger partial charge in [-0.2, -0.15) is 5.21 Å². The van der Waals surface area contributed by atoms with Crippen LogP contribution < -0.4 is 0 Å². The molecule has 3 rings (SSSR count). The van der Waals surface area contributed by atoms with Gasteiger partial charge in [-0.3, -0.25) is 0 Å². The van der Waals surface area contributed by atoms with Gasteiger partial charge in [-0.05, 0) is 16.7 Å². The first-order chi connectivity index (χ1) is 9.65. The molecule has 3 aromatic rings. The van der Waals surface area contributed by atoms with Gasteiger partial charge in [0.25, 0.3) is 0 Å². The van der Waals surface area contributed by atoms with E-state index in [1.807, 2.05) is 0 Å². The van der Waals surface area contributed by atoms with Gasteiger partial charge >= 0.3 is 0 Å². The van der Waals surface area contributed by atoms with E-state index in [2.05, 4.69) is 25.3 Å². The summed E-state index contributed by atoms with van der Waals surface area (Å²) in [5.41, 5.74) is 0.960. The van der Waals surface area contributed by atoms with Crippen molar-refractivity contribution in [1.29, 1.82) is 0 Å². The summed E-state index contributed by atoms with van der Waals surface area (Å²) in [7, 11) is -3.68. The van der Waals surface area contributed by atoms with Gasteiger partial charge in [-0.15, -0.1) is 27.2 Å². The lowest BCUT2D eigenvalue weighted by Crippen LogP contribution is -1.94. The normalized spacial score (nSPS) is 11.4. The first-order valence-corrected chi connectivity index (χ1v) is 7.82. The molecule has 0 bridgehead atoms. The second-order valence-electron chi connectivity index (χ2n) is 3.78. The van der Waals surface area contributed by atoms with E-state index in [4.69, 9.17) is 0 Å². The Balaban J connectivity index is 1.91. The van der Waals surface area contributed by atoms with Gasteiger partial charge in [0.1, 0.15) is 14.2 Å². The van der Waals surface area contributed by atoms with E-state index in [1.54, 1.807) is 35.7 Å². The number of tetrazole rings is 1. The number of aromatic amines is 1. The lowest BCUT2D eigenvalue weighted by Gasteiger charge is -2.20. The number of H-pyrrole nitrogens is 1. The fraction of sp³-hybridized carbons (Fsp3) is 0. The second kappa shape index (κ2) is 5.02. The van der Waals surface area contributed by atoms with Crippen molar-refractivity contribution < 1.29 is 8.42 Å². The molecule has 0 aliphatic heterocycles. The molecule has 0 saturated heterocycles. The van der Waals surface area contributed by atoms with Crippen LogP contribution in [0.3, 0.4) is 0 Å². The van der Waals surface area contributed by atoms with Gasteiger partial charge in [-0.25, -0.2) is 8.42 Å². The van der Waals surface area contributed by atoms with Crippen molar-refractivity contribution in [3.8, 4) is 11.4 Å². The number of sulfonamides is 1. The molecule has 0 aliphatic carbocycles. The zero-order chi connectivity index (χ0) is 14.0. The smallest absolute Gasteiger partial charge is 0.204 e. The third-order valence-corrected chi connectivity index (χ3v) is 5.10. The summed E-state index contributed by atoms with van der Waals surface area (Å²) in [6, 6.07) is 9.83. The van der Waals surface area contributed by atoms with Crippen molar-refractivity contribution in [1.82, 2.24) is 20.6 Å². The Kier molecular flexibility index (Phi) is 3.20. The minimum Gasteiger partial charge on any atom is -0.572 e. The van der Waals surface area contributed by atoms with Crippen LogP contribution in [-0.4, -0.2) is 29.0 Å². The number of thiophene rings is 1. The van der Waals surface area contributed by atoms with Gasteiger partial charge in [0.15, 0.2) is 0 Å². The summed E-state index contributed by atoms with van der Waals surface area (Å²) in [5, 5.41) is 15.2. The fourth-order valence-electron chi connectivity index (χ4n) is 1.58. The standard InChI is InChI=1S/C11H8N5O2S2/c17-20(18,10-5-2-6-19-10)14-9-4-1-3-8(7-9)11-12-15-16-13-11/h1-7H,(H,12,13,15,16)/q-1. The average molecular weight is 306 g/mol. The summed E-state index contributed by atoms with van der Waals surface area (Å²) in [6.07, 6.45) is 0. The van der Waals surface area contributed by atoms with E-state index in [0.717, 1.165) is 11.3 Å². The van der Waals surface area contributed by atoms with E-state index in [-0.39, 0.29) is 4.21 Å². The van der Waals surface area contributed by atoms with Gasteiger partial charge in [-0.1, -0.05) is 30.3 Å². The molecule has 0 saturated carbocycles. The maximum atomic E-state index is 12.1. The molecule has 0 amide bonds. The van der Waals surface area contributed by atoms with E-state index < -0.39 is 10.0 Å². The van der Waals surface area contributed by atoms with Crippen LogP contribution in [0, 0.1) is 0 Å². The summed E-state index contributed by atoms with van der Waals surface area (Å²) < 4.78 is 28.1. The van der Waals surface area contributed by atoms with Crippen LogP contribution in [-0.2, 0) is 10.0 Å². The van der Waals surface area contributed by atoms with Crippen LogP contribution in [0.1, 0.15) is 0 Å². The minimum atomic E-state index is -3.68. The van der Waals surface area contributed by atoms with Gasteiger partial charge in [0.05, 0.1) is 0 Å². The van der Waals surface area contributed by atoms with Crippen LogP contribution in [0.2, 0.25) is 0 Å². The quantitative estimate of drug-likeness (QED) is 0.796. The highest BCUT2D eigenvalue weighted by atomic mass is 32.2. The molecular weight excluding hydrogens is 298 g/mol. The number of aromatic nitrogens is 4. The highest BCUT2D eigenvalue weighted by Crippen LogP contribution is 2.31. The zero-order valence-electron chi connectivity index (χ0n) is 9.96. The van der Waals surface area contributed by atoms with E-state index in [9.17, 15) is 8.42 Å². The van der Waals surface area contributed by atoms with Crippen LogP contribution in [0.25, 0.3) is 16.1 Å². The van der Waals surface area contributed by atoms with Crippen molar-refractivity contribution in [2.45, 2.75) is 4.21 Å². The van der Waals surface area contributed by atoms with Gasteiger partial charge in [0, 0.05) is 5.56 Å². The number of hydrogen-bond donors (Lipinski definition) is 1. The van der Waals surface area contributed by atoms with Crippen molar-refractivity contribution in [3.05, 3.63) is 46.5 Å². The van der Waals surface area contributed by atoms with Crippen LogP contribution in [0.4, 0.5) is 5.69 Å². The Morgan fingerprint density at radius 3 is 2.80 bits per heavy atom. The number of rotatable bonds is 4. The Morgan fingerprint density at radius 2 is 2.10 bits per heavy atom. The number of nitrogens with one attached hydrogen (secondary N) is 1. The predicted molar refractivity (Wildman–Crippen MR) is 74.1 cm³/mol. The van der Waals surface area contributed by atoms with Gasteiger partial charge < -0.3 is 4.72 Å². The molecule has 1 N–H and O–H groups in total. The first kappa shape index (κ1) is 12.8. The van der Waals surface area contributed by atoms with E-state index >= 15 is 0 Å². The first-order valence-electron chi connectivity index (χ1n) is 5.50. The minimum absolute atomic E-state index is 0.211. The SMILES string of the molecule is O=S(=O)([N-]c1cccc(-c2nn[nH]n2)c1)c1cccs1. The molecule has 0 fully saturated rings. The third kappa shape index (κ3) is 2.53. The summed E-state index contributed by atoms with van der Waals surface area (Å²) in [6.45, 7) is 0. The van der Waals surface area contributed by atoms with Crippen molar-refractivity contribution in [2.75, 3.05) is 0 Å². The molecule has 102 valence electrons. The molecule has 9 heteroatoms. The zero-order valence-corrected chi connectivity index (χ0v) is 11.6. The molecule has 20 heavy (non-hydrogen) atoms. The van der Waals surface area contributed by atoms with E-state index in [0.29, 0.717) is 17.1 Å². The number of hydrogen-bond acceptors (Lipinski definition) is 6. The monoisotopic (exact) mass is 306 g/mol. The molecule has 7 nitrogen and oxygen atoms in total. The Bertz CT molecular complexity index is 797. The molecule has 0 atom stereocenters. The average Bonchev–Trinajstić information content (AvgIpc) is 3.12. The molecule has 1 aromatic carbocycles. The molecule has 0 spiro atoms. The lowest BCUT2D eigenvalue weighted by molar-refractivity contribution is 0.605. The summed E-state index contributed by atoms with van der Waals surface area (Å²) in [4.78, 5) is 0. The topological polar surface area (TPSA) is 103 Å². The largest absolute Gasteiger partial charge is 0.572 e. The molecule has 0 aliphatic rings.